The first-order valence-electron chi connectivity index (χ1n) is 9.98. The second-order valence-corrected chi connectivity index (χ2v) is 8.90. The molecule has 0 saturated heterocycles. The monoisotopic (exact) mass is 467 g/mol. The number of aromatic nitrogens is 4. The number of nitrogen functional groups attached to an aromatic ring is 1. The van der Waals surface area contributed by atoms with Crippen LogP contribution in [0.3, 0.4) is 0 Å². The summed E-state index contributed by atoms with van der Waals surface area (Å²) in [5.41, 5.74) is 8.75. The molecule has 0 bridgehead atoms. The highest BCUT2D eigenvalue weighted by molar-refractivity contribution is 9.10. The molecule has 0 aliphatic heterocycles. The van der Waals surface area contributed by atoms with Crippen molar-refractivity contribution in [3.63, 3.8) is 0 Å². The summed E-state index contributed by atoms with van der Waals surface area (Å²) in [4.78, 5) is 12.8. The summed E-state index contributed by atoms with van der Waals surface area (Å²) in [6.07, 6.45) is 5.74. The number of halogens is 1. The van der Waals surface area contributed by atoms with Gasteiger partial charge in [0.25, 0.3) is 0 Å². The fourth-order valence-electron chi connectivity index (χ4n) is 4.57. The van der Waals surface area contributed by atoms with Gasteiger partial charge in [0.2, 0.25) is 0 Å². The highest BCUT2D eigenvalue weighted by Crippen LogP contribution is 2.39. The van der Waals surface area contributed by atoms with Crippen LogP contribution < -0.4 is 5.73 Å². The van der Waals surface area contributed by atoms with Gasteiger partial charge in [-0.25, -0.2) is 9.97 Å². The van der Waals surface area contributed by atoms with Crippen LogP contribution in [-0.2, 0) is 6.42 Å². The van der Waals surface area contributed by atoms with Crippen molar-refractivity contribution < 1.29 is 10.2 Å². The second kappa shape index (κ2) is 7.61. The Morgan fingerprint density at radius 2 is 1.97 bits per heavy atom. The summed E-state index contributed by atoms with van der Waals surface area (Å²) >= 11 is 3.45. The SMILES string of the molecule is Nc1ncnc2c1ccn2[C@@H]1C[C@H](CCc2ccc3cc(Br)cnc3c2)[C@@H](O)[C@H]1O. The fourth-order valence-corrected chi connectivity index (χ4v) is 4.92. The number of nitrogens with zero attached hydrogens (tertiary/aromatic N) is 4. The molecular weight excluding hydrogens is 446 g/mol. The third-order valence-electron chi connectivity index (χ3n) is 6.19. The summed E-state index contributed by atoms with van der Waals surface area (Å²) in [7, 11) is 0. The molecule has 0 radical (unpaired) electrons. The van der Waals surface area contributed by atoms with Gasteiger partial charge in [-0.3, -0.25) is 4.98 Å². The van der Waals surface area contributed by atoms with E-state index in [0.29, 0.717) is 17.9 Å². The summed E-state index contributed by atoms with van der Waals surface area (Å²) in [5, 5.41) is 23.3. The Kier molecular flexibility index (Phi) is 4.92. The van der Waals surface area contributed by atoms with Crippen LogP contribution in [0.1, 0.15) is 24.4 Å². The zero-order chi connectivity index (χ0) is 20.8. The van der Waals surface area contributed by atoms with E-state index in [2.05, 4.69) is 49.1 Å². The number of pyridine rings is 1. The van der Waals surface area contributed by atoms with Crippen molar-refractivity contribution in [2.45, 2.75) is 37.5 Å². The molecule has 0 unspecified atom stereocenters. The Morgan fingerprint density at radius 3 is 2.83 bits per heavy atom. The van der Waals surface area contributed by atoms with Gasteiger partial charge in [0.05, 0.1) is 23.0 Å². The van der Waals surface area contributed by atoms with Gasteiger partial charge < -0.3 is 20.5 Å². The maximum atomic E-state index is 10.7. The number of hydrogen-bond acceptors (Lipinski definition) is 6. The number of nitrogens with two attached hydrogens (primary N) is 1. The lowest BCUT2D eigenvalue weighted by Crippen LogP contribution is -2.29. The fraction of sp³-hybridized carbons (Fsp3) is 0.318. The van der Waals surface area contributed by atoms with E-state index in [4.69, 9.17) is 5.73 Å². The smallest absolute Gasteiger partial charge is 0.145 e. The lowest BCUT2D eigenvalue weighted by Gasteiger charge is -2.19. The molecule has 8 heteroatoms. The molecule has 1 aliphatic carbocycles. The molecule has 1 aliphatic rings. The maximum absolute atomic E-state index is 10.7. The van der Waals surface area contributed by atoms with Crippen LogP contribution in [0.15, 0.2) is 53.5 Å². The Hall–Kier alpha value is -2.55. The Morgan fingerprint density at radius 1 is 1.10 bits per heavy atom. The molecule has 154 valence electrons. The topological polar surface area (TPSA) is 110 Å². The van der Waals surface area contributed by atoms with E-state index in [9.17, 15) is 10.2 Å². The third kappa shape index (κ3) is 3.34. The predicted octanol–water partition coefficient (Wildman–Crippen LogP) is 3.24. The zero-order valence-electron chi connectivity index (χ0n) is 16.2. The molecule has 3 heterocycles. The van der Waals surface area contributed by atoms with E-state index in [1.165, 1.54) is 11.9 Å². The zero-order valence-corrected chi connectivity index (χ0v) is 17.8. The van der Waals surface area contributed by atoms with Crippen LogP contribution in [0.2, 0.25) is 0 Å². The molecular formula is C22H22BrN5O2. The minimum absolute atomic E-state index is 0.00444. The van der Waals surface area contributed by atoms with Crippen LogP contribution >= 0.6 is 15.9 Å². The highest BCUT2D eigenvalue weighted by atomic mass is 79.9. The van der Waals surface area contributed by atoms with Crippen molar-refractivity contribution in [2.24, 2.45) is 5.92 Å². The average Bonchev–Trinajstić information content (AvgIpc) is 3.29. The van der Waals surface area contributed by atoms with E-state index >= 15 is 0 Å². The van der Waals surface area contributed by atoms with E-state index in [1.54, 1.807) is 6.20 Å². The van der Waals surface area contributed by atoms with Crippen LogP contribution in [0.4, 0.5) is 5.82 Å². The average molecular weight is 468 g/mol. The molecule has 1 aromatic carbocycles. The van der Waals surface area contributed by atoms with Crippen molar-refractivity contribution in [2.75, 3.05) is 5.73 Å². The number of aliphatic hydroxyl groups is 2. The quantitative estimate of drug-likeness (QED) is 0.424. The number of hydrogen-bond donors (Lipinski definition) is 3. The molecule has 0 spiro atoms. The molecule has 3 aromatic heterocycles. The van der Waals surface area contributed by atoms with Crippen molar-refractivity contribution in [3.8, 4) is 0 Å². The number of anilines is 1. The lowest BCUT2D eigenvalue weighted by molar-refractivity contribution is 0.00545. The van der Waals surface area contributed by atoms with Crippen LogP contribution in [0, 0.1) is 5.92 Å². The molecule has 5 rings (SSSR count). The minimum atomic E-state index is -0.850. The van der Waals surface area contributed by atoms with Crippen LogP contribution in [0.25, 0.3) is 21.9 Å². The molecule has 30 heavy (non-hydrogen) atoms. The number of aryl methyl sites for hydroxylation is 1. The molecule has 1 fully saturated rings. The molecule has 0 amide bonds. The van der Waals surface area contributed by atoms with Gasteiger partial charge in [-0.2, -0.15) is 0 Å². The van der Waals surface area contributed by atoms with Gasteiger partial charge in [-0.1, -0.05) is 12.1 Å². The maximum Gasteiger partial charge on any atom is 0.145 e. The minimum Gasteiger partial charge on any atom is -0.390 e. The van der Waals surface area contributed by atoms with Gasteiger partial charge >= 0.3 is 0 Å². The number of benzene rings is 1. The van der Waals surface area contributed by atoms with Gasteiger partial charge in [0, 0.05) is 22.3 Å². The molecule has 1 saturated carbocycles. The molecule has 7 nitrogen and oxygen atoms in total. The van der Waals surface area contributed by atoms with Gasteiger partial charge in [0.15, 0.2) is 0 Å². The number of fused-ring (bicyclic) bond motifs is 2. The number of rotatable bonds is 4. The van der Waals surface area contributed by atoms with E-state index < -0.39 is 12.2 Å². The first-order valence-corrected chi connectivity index (χ1v) is 10.8. The normalized spacial score (nSPS) is 24.1. The van der Waals surface area contributed by atoms with Crippen LogP contribution in [0.5, 0.6) is 0 Å². The summed E-state index contributed by atoms with van der Waals surface area (Å²) < 4.78 is 2.88. The summed E-state index contributed by atoms with van der Waals surface area (Å²) in [6, 6.07) is 9.93. The lowest BCUT2D eigenvalue weighted by atomic mass is 9.95. The van der Waals surface area contributed by atoms with Crippen LogP contribution in [-0.4, -0.2) is 41.9 Å². The van der Waals surface area contributed by atoms with Gasteiger partial charge in [-0.15, -0.1) is 0 Å². The highest BCUT2D eigenvalue weighted by Gasteiger charge is 2.42. The second-order valence-electron chi connectivity index (χ2n) is 7.98. The molecule has 4 N–H and O–H groups in total. The Labute approximate surface area is 181 Å². The number of aliphatic hydroxyl groups excluding tert-OH is 2. The molecule has 4 atom stereocenters. The molecule has 4 aromatic rings. The van der Waals surface area contributed by atoms with Crippen molar-refractivity contribution in [3.05, 3.63) is 59.1 Å². The van der Waals surface area contributed by atoms with Crippen molar-refractivity contribution in [1.29, 1.82) is 0 Å². The standard InChI is InChI=1S/C22H22BrN5O2/c23-15-8-13-3-1-12(7-17(13)25-10-15)2-4-14-9-18(20(30)19(14)29)28-6-5-16-21(24)26-11-27-22(16)28/h1,3,5-8,10-11,14,18-20,29-30H,2,4,9H2,(H2,24,26,27)/t14-,18+,19+,20-/m0/s1. The van der Waals surface area contributed by atoms with Gasteiger partial charge in [-0.05, 0) is 64.9 Å². The first-order chi connectivity index (χ1) is 14.5. The Balaban J connectivity index is 1.33. The Bertz CT molecular complexity index is 1230. The van der Waals surface area contributed by atoms with E-state index in [-0.39, 0.29) is 12.0 Å². The first kappa shape index (κ1) is 19.4. The predicted molar refractivity (Wildman–Crippen MR) is 119 cm³/mol. The summed E-state index contributed by atoms with van der Waals surface area (Å²) in [6.45, 7) is 0. The third-order valence-corrected chi connectivity index (χ3v) is 6.62. The largest absolute Gasteiger partial charge is 0.390 e. The van der Waals surface area contributed by atoms with E-state index in [0.717, 1.165) is 33.6 Å². The summed E-state index contributed by atoms with van der Waals surface area (Å²) in [5.74, 6) is 0.412. The van der Waals surface area contributed by atoms with Gasteiger partial charge in [0.1, 0.15) is 23.9 Å². The van der Waals surface area contributed by atoms with Crippen molar-refractivity contribution >= 4 is 43.7 Å². The van der Waals surface area contributed by atoms with E-state index in [1.807, 2.05) is 22.9 Å². The van der Waals surface area contributed by atoms with Crippen molar-refractivity contribution in [1.82, 2.24) is 19.5 Å².